The summed E-state index contributed by atoms with van der Waals surface area (Å²) < 4.78 is 16.7. The topological polar surface area (TPSA) is 81.3 Å². The van der Waals surface area contributed by atoms with E-state index in [0.717, 1.165) is 11.3 Å². The molecular weight excluding hydrogens is 356 g/mol. The fourth-order valence-corrected chi connectivity index (χ4v) is 2.86. The molecule has 3 aromatic rings. The Morgan fingerprint density at radius 1 is 1.04 bits per heavy atom. The number of aromatic amines is 1. The van der Waals surface area contributed by atoms with E-state index in [4.69, 9.17) is 14.2 Å². The molecule has 0 unspecified atom stereocenters. The van der Waals surface area contributed by atoms with Crippen LogP contribution in [0.5, 0.6) is 11.6 Å². The zero-order valence-corrected chi connectivity index (χ0v) is 16.8. The van der Waals surface area contributed by atoms with Gasteiger partial charge in [0, 0.05) is 32.0 Å². The maximum atomic E-state index is 6.17. The number of nitrogens with zero attached hydrogens (tertiary/aromatic N) is 2. The van der Waals surface area contributed by atoms with E-state index in [9.17, 15) is 0 Å². The molecule has 0 fully saturated rings. The Bertz CT molecular complexity index is 914. The van der Waals surface area contributed by atoms with Crippen LogP contribution in [0.25, 0.3) is 0 Å². The van der Waals surface area contributed by atoms with E-state index in [2.05, 4.69) is 47.3 Å². The van der Waals surface area contributed by atoms with Crippen LogP contribution in [0.15, 0.2) is 48.7 Å². The van der Waals surface area contributed by atoms with Gasteiger partial charge in [-0.2, -0.15) is 5.10 Å². The molecule has 148 valence electrons. The number of pyridine rings is 1. The minimum absolute atomic E-state index is 0.0502. The molecule has 7 heteroatoms. The summed E-state index contributed by atoms with van der Waals surface area (Å²) in [7, 11) is 3.14. The van der Waals surface area contributed by atoms with Crippen LogP contribution in [0.3, 0.4) is 0 Å². The Balaban J connectivity index is 1.85. The number of rotatable bonds is 7. The van der Waals surface area contributed by atoms with Crippen molar-refractivity contribution in [1.82, 2.24) is 15.2 Å². The van der Waals surface area contributed by atoms with Crippen molar-refractivity contribution >= 4 is 11.5 Å². The normalized spacial score (nSPS) is 11.6. The van der Waals surface area contributed by atoms with Gasteiger partial charge in [-0.3, -0.25) is 5.10 Å². The summed E-state index contributed by atoms with van der Waals surface area (Å²) in [4.78, 5) is 4.40. The highest BCUT2D eigenvalue weighted by Gasteiger charge is 2.20. The molecule has 0 spiro atoms. The molecule has 0 saturated carbocycles. The van der Waals surface area contributed by atoms with Gasteiger partial charge in [-0.25, -0.2) is 4.98 Å². The molecule has 0 aliphatic heterocycles. The Morgan fingerprint density at radius 3 is 2.50 bits per heavy atom. The molecule has 0 saturated heterocycles. The number of nitrogens with one attached hydrogen (secondary N) is 2. The number of H-pyrrole nitrogens is 1. The summed E-state index contributed by atoms with van der Waals surface area (Å²) in [5, 5.41) is 10.4. The number of benzene rings is 1. The molecule has 2 N–H and O–H groups in total. The van der Waals surface area contributed by atoms with Crippen LogP contribution in [0.2, 0.25) is 0 Å². The van der Waals surface area contributed by atoms with Crippen molar-refractivity contribution in [2.45, 2.75) is 32.5 Å². The quantitative estimate of drug-likeness (QED) is 0.564. The number of ether oxygens (including phenoxy) is 3. The van der Waals surface area contributed by atoms with Gasteiger partial charge in [0.25, 0.3) is 0 Å². The number of anilines is 2. The Morgan fingerprint density at radius 2 is 1.79 bits per heavy atom. The number of methoxy groups -OCH3 is 2. The second kappa shape index (κ2) is 8.41. The highest BCUT2D eigenvalue weighted by molar-refractivity contribution is 5.62. The van der Waals surface area contributed by atoms with Crippen molar-refractivity contribution in [3.05, 3.63) is 59.9 Å². The van der Waals surface area contributed by atoms with Gasteiger partial charge in [-0.1, -0.05) is 39.0 Å². The summed E-state index contributed by atoms with van der Waals surface area (Å²) in [5.41, 5.74) is 2.47. The van der Waals surface area contributed by atoms with Gasteiger partial charge >= 0.3 is 0 Å². The maximum Gasteiger partial charge on any atom is 0.243 e. The van der Waals surface area contributed by atoms with Gasteiger partial charge in [0.05, 0.1) is 5.69 Å². The predicted molar refractivity (Wildman–Crippen MR) is 108 cm³/mol. The third-order valence-electron chi connectivity index (χ3n) is 4.22. The number of para-hydroxylation sites is 1. The van der Waals surface area contributed by atoms with Crippen LogP contribution >= 0.6 is 0 Å². The molecule has 2 aromatic heterocycles. The third kappa shape index (κ3) is 4.49. The molecule has 1 aromatic carbocycles. The largest absolute Gasteiger partial charge is 0.437 e. The molecule has 0 aliphatic carbocycles. The smallest absolute Gasteiger partial charge is 0.243 e. The van der Waals surface area contributed by atoms with E-state index < -0.39 is 6.29 Å². The van der Waals surface area contributed by atoms with Crippen molar-refractivity contribution < 1.29 is 14.2 Å². The summed E-state index contributed by atoms with van der Waals surface area (Å²) in [6.07, 6.45) is 1.19. The van der Waals surface area contributed by atoms with Gasteiger partial charge in [0.2, 0.25) is 5.88 Å². The van der Waals surface area contributed by atoms with E-state index in [1.54, 1.807) is 20.4 Å². The predicted octanol–water partition coefficient (Wildman–Crippen LogP) is 4.93. The van der Waals surface area contributed by atoms with Crippen LogP contribution in [0.1, 0.15) is 38.3 Å². The number of aromatic nitrogens is 3. The Labute approximate surface area is 165 Å². The van der Waals surface area contributed by atoms with Gasteiger partial charge in [-0.15, -0.1) is 0 Å². The van der Waals surface area contributed by atoms with Crippen LogP contribution in [-0.4, -0.2) is 29.4 Å². The zero-order chi connectivity index (χ0) is 20.1. The fourth-order valence-electron chi connectivity index (χ4n) is 2.86. The first-order chi connectivity index (χ1) is 13.4. The molecule has 2 heterocycles. The number of hydrogen-bond donors (Lipinski definition) is 2. The summed E-state index contributed by atoms with van der Waals surface area (Å²) in [6, 6.07) is 13.5. The van der Waals surface area contributed by atoms with Crippen molar-refractivity contribution in [2.75, 3.05) is 19.5 Å². The second-order valence-electron chi connectivity index (χ2n) is 7.34. The van der Waals surface area contributed by atoms with Crippen molar-refractivity contribution in [2.24, 2.45) is 0 Å². The van der Waals surface area contributed by atoms with Crippen molar-refractivity contribution in [1.29, 1.82) is 0 Å². The number of hydrogen-bond acceptors (Lipinski definition) is 6. The van der Waals surface area contributed by atoms with Crippen molar-refractivity contribution in [3.63, 3.8) is 0 Å². The molecule has 3 rings (SSSR count). The third-order valence-corrected chi connectivity index (χ3v) is 4.22. The SMILES string of the molecule is COC(OC)c1cc(Nc2cccnc2Oc2ccccc2C(C)(C)C)n[nH]1. The lowest BCUT2D eigenvalue weighted by Crippen LogP contribution is -2.12. The van der Waals surface area contributed by atoms with Crippen LogP contribution in [-0.2, 0) is 14.9 Å². The lowest BCUT2D eigenvalue weighted by molar-refractivity contribution is -0.108. The minimum atomic E-state index is -0.508. The average Bonchev–Trinajstić information content (AvgIpc) is 3.12. The zero-order valence-electron chi connectivity index (χ0n) is 16.8. The molecule has 0 aliphatic rings. The summed E-state index contributed by atoms with van der Waals surface area (Å²) in [6.45, 7) is 6.46. The fraction of sp³-hybridized carbons (Fsp3) is 0.333. The monoisotopic (exact) mass is 382 g/mol. The van der Waals surface area contributed by atoms with Crippen molar-refractivity contribution in [3.8, 4) is 11.6 Å². The standard InChI is InChI=1S/C21H26N4O3/c1-21(2,3)14-9-6-7-11-17(14)28-19-15(10-8-12-22-19)23-18-13-16(24-25-18)20(26-4)27-5/h6-13,20H,1-5H3,(H2,23,24,25). The lowest BCUT2D eigenvalue weighted by Gasteiger charge is -2.22. The highest BCUT2D eigenvalue weighted by atomic mass is 16.7. The lowest BCUT2D eigenvalue weighted by atomic mass is 9.86. The molecule has 0 bridgehead atoms. The Hall–Kier alpha value is -2.90. The molecule has 0 atom stereocenters. The van der Waals surface area contributed by atoms with E-state index in [1.807, 2.05) is 36.4 Å². The minimum Gasteiger partial charge on any atom is -0.437 e. The molecule has 28 heavy (non-hydrogen) atoms. The van der Waals surface area contributed by atoms with Crippen LogP contribution < -0.4 is 10.1 Å². The molecule has 0 radical (unpaired) electrons. The van der Waals surface area contributed by atoms with E-state index in [0.29, 0.717) is 23.1 Å². The van der Waals surface area contributed by atoms with E-state index in [1.165, 1.54) is 0 Å². The highest BCUT2D eigenvalue weighted by Crippen LogP contribution is 2.36. The molecule has 7 nitrogen and oxygen atoms in total. The van der Waals surface area contributed by atoms with Crippen LogP contribution in [0.4, 0.5) is 11.5 Å². The molecular formula is C21H26N4O3. The molecule has 0 amide bonds. The summed E-state index contributed by atoms with van der Waals surface area (Å²) in [5.74, 6) is 1.85. The van der Waals surface area contributed by atoms with Gasteiger partial charge in [0.1, 0.15) is 11.4 Å². The Kier molecular flexibility index (Phi) is 5.96. The van der Waals surface area contributed by atoms with Gasteiger partial charge in [-0.05, 0) is 23.6 Å². The first kappa shape index (κ1) is 19.9. The maximum absolute atomic E-state index is 6.17. The van der Waals surface area contributed by atoms with E-state index in [-0.39, 0.29) is 5.41 Å². The van der Waals surface area contributed by atoms with E-state index >= 15 is 0 Å². The van der Waals surface area contributed by atoms with Gasteiger partial charge < -0.3 is 19.5 Å². The van der Waals surface area contributed by atoms with Gasteiger partial charge in [0.15, 0.2) is 12.1 Å². The second-order valence-corrected chi connectivity index (χ2v) is 7.34. The first-order valence-corrected chi connectivity index (χ1v) is 9.02. The average molecular weight is 382 g/mol. The first-order valence-electron chi connectivity index (χ1n) is 9.02. The summed E-state index contributed by atoms with van der Waals surface area (Å²) >= 11 is 0. The van der Waals surface area contributed by atoms with Crippen LogP contribution in [0, 0.1) is 0 Å².